The first-order valence-electron chi connectivity index (χ1n) is 7.01. The number of aryl methyl sites for hydroxylation is 1. The van der Waals surface area contributed by atoms with Gasteiger partial charge in [0.15, 0.2) is 0 Å². The van der Waals surface area contributed by atoms with Crippen molar-refractivity contribution in [3.8, 4) is 0 Å². The average molecular weight is 262 g/mol. The van der Waals surface area contributed by atoms with Gasteiger partial charge in [-0.1, -0.05) is 12.1 Å². The normalized spacial score (nSPS) is 19.1. The Kier molecular flexibility index (Phi) is 5.36. The predicted octanol–water partition coefficient (Wildman–Crippen LogP) is 1.55. The van der Waals surface area contributed by atoms with Crippen molar-refractivity contribution in [2.75, 3.05) is 25.0 Å². The van der Waals surface area contributed by atoms with Crippen molar-refractivity contribution >= 4 is 11.6 Å². The van der Waals surface area contributed by atoms with Crippen LogP contribution in [-0.4, -0.2) is 30.7 Å². The third-order valence-corrected chi connectivity index (χ3v) is 3.49. The number of aliphatic hydroxyl groups is 1. The number of hydrogen-bond donors (Lipinski definition) is 3. The summed E-state index contributed by atoms with van der Waals surface area (Å²) in [4.78, 5) is 12.1. The molecule has 0 spiro atoms. The molecule has 0 aliphatic carbocycles. The van der Waals surface area contributed by atoms with E-state index in [1.165, 1.54) is 0 Å². The minimum Gasteiger partial charge on any atom is -0.396 e. The number of piperidine rings is 1. The van der Waals surface area contributed by atoms with E-state index < -0.39 is 0 Å². The fourth-order valence-corrected chi connectivity index (χ4v) is 2.41. The highest BCUT2D eigenvalue weighted by molar-refractivity contribution is 5.92. The molecule has 0 bridgehead atoms. The SMILES string of the molecule is O=C(Nc1cccc(CCCO)c1)[C@H]1CCCNC1. The lowest BCUT2D eigenvalue weighted by atomic mass is 9.98. The third kappa shape index (κ3) is 4.33. The van der Waals surface area contributed by atoms with Gasteiger partial charge >= 0.3 is 0 Å². The van der Waals surface area contributed by atoms with E-state index in [9.17, 15) is 4.79 Å². The number of rotatable bonds is 5. The van der Waals surface area contributed by atoms with Crippen LogP contribution in [0.3, 0.4) is 0 Å². The van der Waals surface area contributed by atoms with Gasteiger partial charge in [-0.3, -0.25) is 4.79 Å². The summed E-state index contributed by atoms with van der Waals surface area (Å²) in [6.45, 7) is 1.99. The standard InChI is InChI=1S/C15H22N2O2/c18-9-3-5-12-4-1-7-14(10-12)17-15(19)13-6-2-8-16-11-13/h1,4,7,10,13,16,18H,2-3,5-6,8-9,11H2,(H,17,19)/t13-/m0/s1. The van der Waals surface area contributed by atoms with Gasteiger partial charge in [0, 0.05) is 18.8 Å². The van der Waals surface area contributed by atoms with E-state index in [0.717, 1.165) is 50.0 Å². The van der Waals surface area contributed by atoms with Gasteiger partial charge in [0.05, 0.1) is 5.92 Å². The molecule has 1 aromatic rings. The molecule has 4 heteroatoms. The molecule has 1 fully saturated rings. The molecule has 4 nitrogen and oxygen atoms in total. The van der Waals surface area contributed by atoms with Crippen molar-refractivity contribution in [1.29, 1.82) is 0 Å². The Morgan fingerprint density at radius 2 is 2.37 bits per heavy atom. The maximum Gasteiger partial charge on any atom is 0.228 e. The van der Waals surface area contributed by atoms with Gasteiger partial charge in [-0.25, -0.2) is 0 Å². The van der Waals surface area contributed by atoms with Gasteiger partial charge in [-0.05, 0) is 49.9 Å². The fraction of sp³-hybridized carbons (Fsp3) is 0.533. The summed E-state index contributed by atoms with van der Waals surface area (Å²) in [7, 11) is 0. The van der Waals surface area contributed by atoms with Crippen LogP contribution in [0.15, 0.2) is 24.3 Å². The van der Waals surface area contributed by atoms with Crippen molar-refractivity contribution in [2.24, 2.45) is 5.92 Å². The van der Waals surface area contributed by atoms with E-state index in [2.05, 4.69) is 10.6 Å². The fourth-order valence-electron chi connectivity index (χ4n) is 2.41. The smallest absolute Gasteiger partial charge is 0.228 e. The highest BCUT2D eigenvalue weighted by atomic mass is 16.2. The molecule has 1 aliphatic rings. The molecule has 0 aromatic heterocycles. The van der Waals surface area contributed by atoms with Gasteiger partial charge in [0.2, 0.25) is 5.91 Å². The van der Waals surface area contributed by atoms with Crippen LogP contribution in [0.5, 0.6) is 0 Å². The minimum absolute atomic E-state index is 0.0786. The van der Waals surface area contributed by atoms with Crippen LogP contribution in [0.25, 0.3) is 0 Å². The number of carbonyl (C=O) groups excluding carboxylic acids is 1. The number of anilines is 1. The summed E-state index contributed by atoms with van der Waals surface area (Å²) in [6.07, 6.45) is 3.62. The molecular weight excluding hydrogens is 240 g/mol. The van der Waals surface area contributed by atoms with Gasteiger partial charge in [0.1, 0.15) is 0 Å². The number of carbonyl (C=O) groups is 1. The summed E-state index contributed by atoms with van der Waals surface area (Å²) in [6, 6.07) is 7.87. The molecule has 0 saturated carbocycles. The zero-order valence-electron chi connectivity index (χ0n) is 11.2. The van der Waals surface area contributed by atoms with Crippen molar-refractivity contribution in [1.82, 2.24) is 5.32 Å². The topological polar surface area (TPSA) is 61.4 Å². The monoisotopic (exact) mass is 262 g/mol. The van der Waals surface area contributed by atoms with Crippen LogP contribution in [0.2, 0.25) is 0 Å². The molecule has 0 radical (unpaired) electrons. The Labute approximate surface area is 114 Å². The van der Waals surface area contributed by atoms with E-state index in [1.54, 1.807) is 0 Å². The summed E-state index contributed by atoms with van der Waals surface area (Å²) < 4.78 is 0. The molecule has 1 atom stereocenters. The number of benzene rings is 1. The zero-order valence-corrected chi connectivity index (χ0v) is 11.2. The minimum atomic E-state index is 0.0786. The summed E-state index contributed by atoms with van der Waals surface area (Å²) in [5, 5.41) is 15.1. The van der Waals surface area contributed by atoms with Crippen molar-refractivity contribution in [2.45, 2.75) is 25.7 Å². The lowest BCUT2D eigenvalue weighted by Crippen LogP contribution is -2.37. The molecule has 3 N–H and O–H groups in total. The Hall–Kier alpha value is -1.39. The molecule has 1 aromatic carbocycles. The van der Waals surface area contributed by atoms with Gasteiger partial charge in [-0.15, -0.1) is 0 Å². The molecular formula is C15H22N2O2. The highest BCUT2D eigenvalue weighted by Crippen LogP contribution is 2.16. The van der Waals surface area contributed by atoms with Crippen LogP contribution in [0, 0.1) is 5.92 Å². The zero-order chi connectivity index (χ0) is 13.5. The summed E-state index contributed by atoms with van der Waals surface area (Å²) in [5.41, 5.74) is 2.00. The Morgan fingerprint density at radius 3 is 3.11 bits per heavy atom. The van der Waals surface area contributed by atoms with E-state index in [1.807, 2.05) is 24.3 Å². The molecule has 2 rings (SSSR count). The first-order valence-corrected chi connectivity index (χ1v) is 7.01. The van der Waals surface area contributed by atoms with Crippen LogP contribution in [-0.2, 0) is 11.2 Å². The second-order valence-corrected chi connectivity index (χ2v) is 5.06. The number of nitrogens with one attached hydrogen (secondary N) is 2. The van der Waals surface area contributed by atoms with E-state index in [0.29, 0.717) is 0 Å². The molecule has 1 heterocycles. The maximum absolute atomic E-state index is 12.1. The summed E-state index contributed by atoms with van der Waals surface area (Å²) in [5.74, 6) is 0.182. The second kappa shape index (κ2) is 7.26. The lowest BCUT2D eigenvalue weighted by molar-refractivity contribution is -0.120. The van der Waals surface area contributed by atoms with Gasteiger partial charge in [0.25, 0.3) is 0 Å². The highest BCUT2D eigenvalue weighted by Gasteiger charge is 2.20. The molecule has 1 amide bonds. The van der Waals surface area contributed by atoms with E-state index in [4.69, 9.17) is 5.11 Å². The number of aliphatic hydroxyl groups excluding tert-OH is 1. The third-order valence-electron chi connectivity index (χ3n) is 3.49. The van der Waals surface area contributed by atoms with Crippen LogP contribution in [0.4, 0.5) is 5.69 Å². The molecule has 19 heavy (non-hydrogen) atoms. The quantitative estimate of drug-likeness (QED) is 0.754. The van der Waals surface area contributed by atoms with Gasteiger partial charge in [-0.2, -0.15) is 0 Å². The second-order valence-electron chi connectivity index (χ2n) is 5.06. The number of hydrogen-bond acceptors (Lipinski definition) is 3. The van der Waals surface area contributed by atoms with Crippen molar-refractivity contribution in [3.63, 3.8) is 0 Å². The van der Waals surface area contributed by atoms with Crippen molar-refractivity contribution < 1.29 is 9.90 Å². The predicted molar refractivity (Wildman–Crippen MR) is 76.1 cm³/mol. The Balaban J connectivity index is 1.92. The molecule has 0 unspecified atom stereocenters. The Morgan fingerprint density at radius 1 is 1.47 bits per heavy atom. The van der Waals surface area contributed by atoms with Crippen LogP contribution < -0.4 is 10.6 Å². The molecule has 1 aliphatic heterocycles. The maximum atomic E-state index is 12.1. The molecule has 104 valence electrons. The van der Waals surface area contributed by atoms with Crippen molar-refractivity contribution in [3.05, 3.63) is 29.8 Å². The average Bonchev–Trinajstić information content (AvgIpc) is 2.46. The van der Waals surface area contributed by atoms with Crippen LogP contribution in [0.1, 0.15) is 24.8 Å². The first kappa shape index (κ1) is 14.0. The molecule has 1 saturated heterocycles. The van der Waals surface area contributed by atoms with Crippen LogP contribution >= 0.6 is 0 Å². The Bertz CT molecular complexity index is 414. The van der Waals surface area contributed by atoms with Gasteiger partial charge < -0.3 is 15.7 Å². The summed E-state index contributed by atoms with van der Waals surface area (Å²) >= 11 is 0. The lowest BCUT2D eigenvalue weighted by Gasteiger charge is -2.22. The first-order chi connectivity index (χ1) is 9.29. The van der Waals surface area contributed by atoms with E-state index in [-0.39, 0.29) is 18.4 Å². The number of amides is 1. The largest absolute Gasteiger partial charge is 0.396 e. The van der Waals surface area contributed by atoms with E-state index >= 15 is 0 Å².